The third-order valence-electron chi connectivity index (χ3n) is 4.58. The fourth-order valence-corrected chi connectivity index (χ4v) is 3.31. The van der Waals surface area contributed by atoms with Crippen LogP contribution in [0.3, 0.4) is 0 Å². The molecule has 3 nitrogen and oxygen atoms in total. The largest absolute Gasteiger partial charge is 0.508 e. The van der Waals surface area contributed by atoms with E-state index in [-0.39, 0.29) is 17.1 Å². The van der Waals surface area contributed by atoms with Crippen molar-refractivity contribution < 1.29 is 9.90 Å². The molecule has 1 saturated carbocycles. The number of rotatable bonds is 4. The number of hydrogen-bond acceptors (Lipinski definition) is 3. The Balaban J connectivity index is 2.18. The molecule has 0 aromatic heterocycles. The lowest BCUT2D eigenvalue weighted by atomic mass is 9.82. The first-order valence-corrected chi connectivity index (χ1v) is 7.53. The standard InChI is InChI=1S/C17H25NO2/c1-18(2)17(10-5-3-4-6-11-17)16(20)13-14-8-7-9-15(19)12-14/h7-9,12,19H,3-6,10-11,13H2,1-2H3. The second-order valence-electron chi connectivity index (χ2n) is 6.11. The number of carbonyl (C=O) groups is 1. The molecule has 2 rings (SSSR count). The lowest BCUT2D eigenvalue weighted by molar-refractivity contribution is -0.130. The molecule has 1 fully saturated rings. The number of likely N-dealkylation sites (N-methyl/N-ethyl adjacent to an activating group) is 1. The van der Waals surface area contributed by atoms with Gasteiger partial charge in [0.15, 0.2) is 5.78 Å². The lowest BCUT2D eigenvalue weighted by Crippen LogP contribution is -2.51. The highest BCUT2D eigenvalue weighted by Crippen LogP contribution is 2.33. The van der Waals surface area contributed by atoms with Crippen molar-refractivity contribution >= 4 is 5.78 Å². The highest BCUT2D eigenvalue weighted by Gasteiger charge is 2.39. The number of benzene rings is 1. The first kappa shape index (κ1) is 15.0. The Kier molecular flexibility index (Phi) is 4.81. The van der Waals surface area contributed by atoms with Crippen molar-refractivity contribution in [1.82, 2.24) is 4.90 Å². The second kappa shape index (κ2) is 6.40. The summed E-state index contributed by atoms with van der Waals surface area (Å²) in [6.07, 6.45) is 7.04. The maximum Gasteiger partial charge on any atom is 0.157 e. The van der Waals surface area contributed by atoms with Crippen LogP contribution in [0, 0.1) is 0 Å². The zero-order chi connectivity index (χ0) is 14.6. The number of aromatic hydroxyl groups is 1. The summed E-state index contributed by atoms with van der Waals surface area (Å²) in [5, 5.41) is 9.53. The Hall–Kier alpha value is -1.35. The molecule has 1 aromatic rings. The van der Waals surface area contributed by atoms with Crippen LogP contribution in [-0.2, 0) is 11.2 Å². The summed E-state index contributed by atoms with van der Waals surface area (Å²) >= 11 is 0. The zero-order valence-electron chi connectivity index (χ0n) is 12.6. The summed E-state index contributed by atoms with van der Waals surface area (Å²) in [7, 11) is 4.04. The molecule has 0 atom stereocenters. The number of hydrogen-bond donors (Lipinski definition) is 1. The molecule has 0 radical (unpaired) electrons. The molecule has 1 aromatic carbocycles. The van der Waals surface area contributed by atoms with Crippen LogP contribution in [0.1, 0.15) is 44.1 Å². The molecule has 0 saturated heterocycles. The molecule has 1 N–H and O–H groups in total. The quantitative estimate of drug-likeness (QED) is 0.858. The minimum absolute atomic E-state index is 0.232. The average Bonchev–Trinajstić information content (AvgIpc) is 2.65. The maximum absolute atomic E-state index is 12.9. The van der Waals surface area contributed by atoms with Crippen molar-refractivity contribution in [3.8, 4) is 5.75 Å². The highest BCUT2D eigenvalue weighted by atomic mass is 16.3. The van der Waals surface area contributed by atoms with E-state index in [2.05, 4.69) is 4.90 Å². The van der Waals surface area contributed by atoms with E-state index in [9.17, 15) is 9.90 Å². The minimum atomic E-state index is -0.317. The molecule has 20 heavy (non-hydrogen) atoms. The number of carbonyl (C=O) groups excluding carboxylic acids is 1. The van der Waals surface area contributed by atoms with E-state index >= 15 is 0 Å². The summed E-state index contributed by atoms with van der Waals surface area (Å²) in [6.45, 7) is 0. The van der Waals surface area contributed by atoms with Gasteiger partial charge < -0.3 is 5.11 Å². The van der Waals surface area contributed by atoms with Gasteiger partial charge in [0.1, 0.15) is 5.75 Å². The van der Waals surface area contributed by atoms with Crippen LogP contribution in [0.15, 0.2) is 24.3 Å². The van der Waals surface area contributed by atoms with Gasteiger partial charge in [-0.2, -0.15) is 0 Å². The SMILES string of the molecule is CN(C)C1(C(=O)Cc2cccc(O)c2)CCCCCC1. The van der Waals surface area contributed by atoms with Gasteiger partial charge in [0.25, 0.3) is 0 Å². The summed E-state index contributed by atoms with van der Waals surface area (Å²) in [5.74, 6) is 0.519. The van der Waals surface area contributed by atoms with Gasteiger partial charge in [0, 0.05) is 6.42 Å². The van der Waals surface area contributed by atoms with Gasteiger partial charge in [0.2, 0.25) is 0 Å². The molecule has 1 aliphatic rings. The molecule has 0 heterocycles. The Bertz CT molecular complexity index is 460. The van der Waals surface area contributed by atoms with E-state index in [1.807, 2.05) is 20.2 Å². The van der Waals surface area contributed by atoms with Crippen molar-refractivity contribution in [3.63, 3.8) is 0 Å². The van der Waals surface area contributed by atoms with Crippen molar-refractivity contribution in [2.24, 2.45) is 0 Å². The normalized spacial score (nSPS) is 18.8. The predicted molar refractivity (Wildman–Crippen MR) is 80.9 cm³/mol. The van der Waals surface area contributed by atoms with Crippen LogP contribution < -0.4 is 0 Å². The highest BCUT2D eigenvalue weighted by molar-refractivity contribution is 5.90. The van der Waals surface area contributed by atoms with Crippen LogP contribution in [0.5, 0.6) is 5.75 Å². The van der Waals surface area contributed by atoms with E-state index in [0.717, 1.165) is 31.2 Å². The van der Waals surface area contributed by atoms with Crippen molar-refractivity contribution in [2.45, 2.75) is 50.5 Å². The maximum atomic E-state index is 12.9. The van der Waals surface area contributed by atoms with Crippen molar-refractivity contribution in [1.29, 1.82) is 0 Å². The van der Waals surface area contributed by atoms with Crippen LogP contribution in [0.2, 0.25) is 0 Å². The van der Waals surface area contributed by atoms with Gasteiger partial charge in [-0.25, -0.2) is 0 Å². The van der Waals surface area contributed by atoms with Crippen LogP contribution in [-0.4, -0.2) is 35.4 Å². The van der Waals surface area contributed by atoms with E-state index in [4.69, 9.17) is 0 Å². The Labute approximate surface area is 121 Å². The van der Waals surface area contributed by atoms with Crippen LogP contribution >= 0.6 is 0 Å². The lowest BCUT2D eigenvalue weighted by Gasteiger charge is -2.38. The van der Waals surface area contributed by atoms with Gasteiger partial charge in [0.05, 0.1) is 5.54 Å². The smallest absolute Gasteiger partial charge is 0.157 e. The molecule has 0 aliphatic heterocycles. The fourth-order valence-electron chi connectivity index (χ4n) is 3.31. The molecule has 1 aliphatic carbocycles. The molecular formula is C17H25NO2. The third kappa shape index (κ3) is 3.21. The summed E-state index contributed by atoms with van der Waals surface area (Å²) in [5.41, 5.74) is 0.586. The first-order valence-electron chi connectivity index (χ1n) is 7.53. The van der Waals surface area contributed by atoms with E-state index in [1.165, 1.54) is 12.8 Å². The van der Waals surface area contributed by atoms with Crippen molar-refractivity contribution in [2.75, 3.05) is 14.1 Å². The van der Waals surface area contributed by atoms with Crippen LogP contribution in [0.25, 0.3) is 0 Å². The summed E-state index contributed by atoms with van der Waals surface area (Å²) < 4.78 is 0. The molecule has 0 bridgehead atoms. The second-order valence-corrected chi connectivity index (χ2v) is 6.11. The number of ketones is 1. The zero-order valence-corrected chi connectivity index (χ0v) is 12.6. The van der Waals surface area contributed by atoms with E-state index < -0.39 is 0 Å². The Morgan fingerprint density at radius 3 is 2.40 bits per heavy atom. The number of Topliss-reactive ketones (excluding diaryl/α,β-unsaturated/α-hetero) is 1. The monoisotopic (exact) mass is 275 g/mol. The van der Waals surface area contributed by atoms with Gasteiger partial charge in [-0.05, 0) is 44.6 Å². The van der Waals surface area contributed by atoms with Gasteiger partial charge in [-0.1, -0.05) is 37.8 Å². The molecule has 3 heteroatoms. The number of phenols is 1. The minimum Gasteiger partial charge on any atom is -0.508 e. The number of nitrogens with zero attached hydrogens (tertiary/aromatic N) is 1. The Morgan fingerprint density at radius 2 is 1.85 bits per heavy atom. The van der Waals surface area contributed by atoms with E-state index in [1.54, 1.807) is 18.2 Å². The Morgan fingerprint density at radius 1 is 1.20 bits per heavy atom. The molecular weight excluding hydrogens is 250 g/mol. The summed E-state index contributed by atoms with van der Waals surface area (Å²) in [4.78, 5) is 15.0. The fraction of sp³-hybridized carbons (Fsp3) is 0.588. The third-order valence-corrected chi connectivity index (χ3v) is 4.58. The average molecular weight is 275 g/mol. The molecule has 110 valence electrons. The van der Waals surface area contributed by atoms with Gasteiger partial charge in [-0.3, -0.25) is 9.69 Å². The number of phenolic OH excluding ortho intramolecular Hbond substituents is 1. The predicted octanol–water partition coefficient (Wildman–Crippen LogP) is 3.16. The topological polar surface area (TPSA) is 40.5 Å². The van der Waals surface area contributed by atoms with E-state index in [0.29, 0.717) is 6.42 Å². The molecule has 0 amide bonds. The van der Waals surface area contributed by atoms with Crippen LogP contribution in [0.4, 0.5) is 0 Å². The first-order chi connectivity index (χ1) is 9.54. The summed E-state index contributed by atoms with van der Waals surface area (Å²) in [6, 6.07) is 7.05. The molecule has 0 spiro atoms. The van der Waals surface area contributed by atoms with Crippen molar-refractivity contribution in [3.05, 3.63) is 29.8 Å². The van der Waals surface area contributed by atoms with Gasteiger partial charge in [-0.15, -0.1) is 0 Å². The van der Waals surface area contributed by atoms with Gasteiger partial charge >= 0.3 is 0 Å². The molecule has 0 unspecified atom stereocenters.